The van der Waals surface area contributed by atoms with E-state index in [1.807, 2.05) is 13.0 Å². The van der Waals surface area contributed by atoms with Crippen molar-refractivity contribution < 1.29 is 40.2 Å². The third kappa shape index (κ3) is 5.90. The third-order valence-electron chi connectivity index (χ3n) is 3.56. The molecule has 0 atom stereocenters. The fourth-order valence-corrected chi connectivity index (χ4v) is 2.32. The highest BCUT2D eigenvalue weighted by atomic mass is 19.4. The minimum atomic E-state index is -5.15. The van der Waals surface area contributed by atoms with E-state index >= 15 is 0 Å². The van der Waals surface area contributed by atoms with Crippen molar-refractivity contribution in [3.63, 3.8) is 0 Å². The molecule has 0 amide bonds. The highest BCUT2D eigenvalue weighted by Crippen LogP contribution is 2.35. The first-order valence-corrected chi connectivity index (χ1v) is 8.04. The number of hydrogen-bond donors (Lipinski definition) is 0. The van der Waals surface area contributed by atoms with Crippen molar-refractivity contribution in [2.75, 3.05) is 0 Å². The molecule has 0 saturated heterocycles. The summed E-state index contributed by atoms with van der Waals surface area (Å²) < 4.78 is 100. The van der Waals surface area contributed by atoms with Crippen LogP contribution in [0.3, 0.4) is 0 Å². The van der Waals surface area contributed by atoms with Gasteiger partial charge in [-0.15, -0.1) is 13.2 Å². The van der Waals surface area contributed by atoms with Crippen molar-refractivity contribution in [1.82, 2.24) is 0 Å². The van der Waals surface area contributed by atoms with Crippen LogP contribution in [0, 0.1) is 11.6 Å². The van der Waals surface area contributed by atoms with Crippen molar-refractivity contribution in [1.29, 1.82) is 0 Å². The molecule has 0 N–H and O–H groups in total. The topological polar surface area (TPSA) is 18.5 Å². The second-order valence-electron chi connectivity index (χ2n) is 5.68. The van der Waals surface area contributed by atoms with Crippen LogP contribution in [0.4, 0.5) is 30.7 Å². The zero-order chi connectivity index (χ0) is 20.9. The van der Waals surface area contributed by atoms with Crippen LogP contribution >= 0.6 is 0 Å². The summed E-state index contributed by atoms with van der Waals surface area (Å²) in [4.78, 5) is 0. The second kappa shape index (κ2) is 8.53. The smallest absolute Gasteiger partial charge is 0.429 e. The van der Waals surface area contributed by atoms with Gasteiger partial charge in [-0.3, -0.25) is 0 Å². The molecule has 28 heavy (non-hydrogen) atoms. The van der Waals surface area contributed by atoms with Crippen molar-refractivity contribution in [3.05, 3.63) is 71.3 Å². The van der Waals surface area contributed by atoms with E-state index in [1.54, 1.807) is 6.08 Å². The van der Waals surface area contributed by atoms with Gasteiger partial charge in [0.2, 0.25) is 0 Å². The number of ether oxygens (including phenoxy) is 2. The predicted octanol–water partition coefficient (Wildman–Crippen LogP) is 6.50. The number of halogens is 7. The van der Waals surface area contributed by atoms with Crippen LogP contribution < -0.4 is 9.47 Å². The lowest BCUT2D eigenvalue weighted by Crippen LogP contribution is -2.24. The molecule has 0 spiro atoms. The molecular weight excluding hydrogens is 393 g/mol. The Morgan fingerprint density at radius 1 is 0.893 bits per heavy atom. The number of allylic oxidation sites excluding steroid dienone is 2. The quantitative estimate of drug-likeness (QED) is 0.385. The number of aryl methyl sites for hydroxylation is 1. The fraction of sp³-hybridized carbons (Fsp3) is 0.263. The van der Waals surface area contributed by atoms with E-state index in [2.05, 4.69) is 9.47 Å². The normalized spacial score (nSPS) is 12.4. The molecule has 0 bridgehead atoms. The summed E-state index contributed by atoms with van der Waals surface area (Å²) in [5.74, 6) is -4.79. The first kappa shape index (κ1) is 21.6. The van der Waals surface area contributed by atoms with E-state index in [4.69, 9.17) is 0 Å². The summed E-state index contributed by atoms with van der Waals surface area (Å²) in [7, 11) is 0. The van der Waals surface area contributed by atoms with Gasteiger partial charge in [-0.2, -0.15) is 8.78 Å². The minimum absolute atomic E-state index is 0.290. The standard InChI is InChI=1S/C19H15F7O2/c1-2-3-4-5-12-6-8-14(15(20)10-12)18(22,23)27-13-7-9-17(16(21)11-13)28-19(24,25)26/h2-3,6-11H,4-5H2,1H3. The summed E-state index contributed by atoms with van der Waals surface area (Å²) in [6, 6.07) is 4.52. The molecule has 0 aromatic heterocycles. The Bertz CT molecular complexity index is 845. The van der Waals surface area contributed by atoms with Crippen LogP contribution in [0.25, 0.3) is 0 Å². The molecule has 0 fully saturated rings. The largest absolute Gasteiger partial charge is 0.573 e. The van der Waals surface area contributed by atoms with Gasteiger partial charge >= 0.3 is 12.5 Å². The summed E-state index contributed by atoms with van der Waals surface area (Å²) >= 11 is 0. The summed E-state index contributed by atoms with van der Waals surface area (Å²) in [5, 5.41) is 0. The fourth-order valence-electron chi connectivity index (χ4n) is 2.32. The predicted molar refractivity (Wildman–Crippen MR) is 87.1 cm³/mol. The molecule has 9 heteroatoms. The maximum absolute atomic E-state index is 14.2. The van der Waals surface area contributed by atoms with Gasteiger partial charge in [-0.25, -0.2) is 8.78 Å². The van der Waals surface area contributed by atoms with Crippen molar-refractivity contribution >= 4 is 0 Å². The van der Waals surface area contributed by atoms with Crippen LogP contribution in [0.15, 0.2) is 48.6 Å². The van der Waals surface area contributed by atoms with Gasteiger partial charge in [-0.1, -0.05) is 18.2 Å². The van der Waals surface area contributed by atoms with Crippen molar-refractivity contribution in [3.8, 4) is 11.5 Å². The van der Waals surface area contributed by atoms with Gasteiger partial charge in [0.25, 0.3) is 0 Å². The zero-order valence-electron chi connectivity index (χ0n) is 14.5. The van der Waals surface area contributed by atoms with E-state index in [0.717, 1.165) is 12.1 Å². The number of rotatable bonds is 7. The van der Waals surface area contributed by atoms with Crippen LogP contribution in [0.1, 0.15) is 24.5 Å². The number of hydrogen-bond acceptors (Lipinski definition) is 2. The van der Waals surface area contributed by atoms with Gasteiger partial charge in [0, 0.05) is 6.07 Å². The van der Waals surface area contributed by atoms with E-state index in [-0.39, 0.29) is 0 Å². The van der Waals surface area contributed by atoms with Crippen LogP contribution in [-0.4, -0.2) is 6.36 Å². The zero-order valence-corrected chi connectivity index (χ0v) is 14.5. The molecule has 2 nitrogen and oxygen atoms in total. The lowest BCUT2D eigenvalue weighted by molar-refractivity contribution is -0.275. The molecule has 0 saturated carbocycles. The van der Waals surface area contributed by atoms with Gasteiger partial charge in [0.15, 0.2) is 11.6 Å². The highest BCUT2D eigenvalue weighted by molar-refractivity contribution is 5.34. The molecule has 0 radical (unpaired) electrons. The maximum atomic E-state index is 14.2. The Kier molecular flexibility index (Phi) is 6.58. The molecule has 2 rings (SSSR count). The monoisotopic (exact) mass is 408 g/mol. The SMILES string of the molecule is CC=CCCc1ccc(C(F)(F)Oc2ccc(OC(F)(F)F)c(F)c2)c(F)c1. The Hall–Kier alpha value is -2.71. The summed E-state index contributed by atoms with van der Waals surface area (Å²) in [6.45, 7) is 1.81. The highest BCUT2D eigenvalue weighted by Gasteiger charge is 2.38. The Morgan fingerprint density at radius 3 is 2.18 bits per heavy atom. The second-order valence-corrected chi connectivity index (χ2v) is 5.68. The molecule has 0 unspecified atom stereocenters. The molecule has 0 aliphatic heterocycles. The van der Waals surface area contributed by atoms with Crippen LogP contribution in [-0.2, 0) is 12.5 Å². The molecular formula is C19H15F7O2. The Labute approximate surface area is 156 Å². The number of benzene rings is 2. The summed E-state index contributed by atoms with van der Waals surface area (Å²) in [5.41, 5.74) is -0.590. The van der Waals surface area contributed by atoms with Crippen molar-refractivity contribution in [2.45, 2.75) is 32.2 Å². The van der Waals surface area contributed by atoms with Gasteiger partial charge in [0.1, 0.15) is 11.6 Å². The lowest BCUT2D eigenvalue weighted by Gasteiger charge is -2.19. The van der Waals surface area contributed by atoms with Crippen molar-refractivity contribution in [2.24, 2.45) is 0 Å². The molecule has 2 aromatic rings. The molecule has 2 aromatic carbocycles. The lowest BCUT2D eigenvalue weighted by atomic mass is 10.1. The first-order valence-electron chi connectivity index (χ1n) is 8.04. The van der Waals surface area contributed by atoms with Gasteiger partial charge < -0.3 is 9.47 Å². The Morgan fingerprint density at radius 2 is 1.61 bits per heavy atom. The Balaban J connectivity index is 2.17. The number of alkyl halides is 5. The maximum Gasteiger partial charge on any atom is 0.573 e. The van der Waals surface area contributed by atoms with E-state index in [9.17, 15) is 30.7 Å². The first-order chi connectivity index (χ1) is 13.0. The minimum Gasteiger partial charge on any atom is -0.429 e. The van der Waals surface area contributed by atoms with E-state index < -0.39 is 41.2 Å². The van der Waals surface area contributed by atoms with E-state index in [0.29, 0.717) is 36.6 Å². The van der Waals surface area contributed by atoms with Gasteiger partial charge in [0.05, 0.1) is 5.56 Å². The summed E-state index contributed by atoms with van der Waals surface area (Å²) in [6.07, 6.45) is -4.63. The average Bonchev–Trinajstić information content (AvgIpc) is 2.56. The van der Waals surface area contributed by atoms with Crippen LogP contribution in [0.5, 0.6) is 11.5 Å². The van der Waals surface area contributed by atoms with Crippen LogP contribution in [0.2, 0.25) is 0 Å². The van der Waals surface area contributed by atoms with E-state index in [1.165, 1.54) is 6.07 Å². The molecule has 152 valence electrons. The average molecular weight is 408 g/mol. The molecule has 0 heterocycles. The molecule has 0 aliphatic rings. The molecule has 0 aliphatic carbocycles. The van der Waals surface area contributed by atoms with Gasteiger partial charge in [-0.05, 0) is 49.6 Å². The third-order valence-corrected chi connectivity index (χ3v) is 3.56.